The summed E-state index contributed by atoms with van der Waals surface area (Å²) in [7, 11) is 0. The van der Waals surface area contributed by atoms with Gasteiger partial charge in [-0.1, -0.05) is 43.5 Å². The standard InChI is InChI=1S/C15H20Cl2N2O/c1-3-15(2)4-6-19(7-5-15)14(20)10-8-11(16)13(18)12(17)9-10/h8-9H,3-7,18H2,1-2H3. The average Bonchev–Trinajstić information content (AvgIpc) is 2.44. The summed E-state index contributed by atoms with van der Waals surface area (Å²) in [5.41, 5.74) is 6.88. The van der Waals surface area contributed by atoms with Crippen molar-refractivity contribution in [2.45, 2.75) is 33.1 Å². The molecule has 0 spiro atoms. The van der Waals surface area contributed by atoms with Crippen molar-refractivity contribution in [3.05, 3.63) is 27.7 Å². The van der Waals surface area contributed by atoms with Gasteiger partial charge in [0.1, 0.15) is 0 Å². The van der Waals surface area contributed by atoms with Crippen molar-refractivity contribution < 1.29 is 4.79 Å². The van der Waals surface area contributed by atoms with E-state index < -0.39 is 0 Å². The maximum atomic E-state index is 12.5. The molecule has 110 valence electrons. The Morgan fingerprint density at radius 2 is 1.80 bits per heavy atom. The number of nitrogens with zero attached hydrogens (tertiary/aromatic N) is 1. The Hall–Kier alpha value is -0.930. The van der Waals surface area contributed by atoms with E-state index in [-0.39, 0.29) is 5.91 Å². The summed E-state index contributed by atoms with van der Waals surface area (Å²) < 4.78 is 0. The van der Waals surface area contributed by atoms with E-state index in [0.29, 0.717) is 26.7 Å². The quantitative estimate of drug-likeness (QED) is 0.830. The average molecular weight is 315 g/mol. The van der Waals surface area contributed by atoms with Gasteiger partial charge in [-0.05, 0) is 30.4 Å². The van der Waals surface area contributed by atoms with E-state index in [4.69, 9.17) is 28.9 Å². The second kappa shape index (κ2) is 5.82. The molecule has 3 nitrogen and oxygen atoms in total. The van der Waals surface area contributed by atoms with E-state index in [2.05, 4.69) is 13.8 Å². The lowest BCUT2D eigenvalue weighted by molar-refractivity contribution is 0.0600. The van der Waals surface area contributed by atoms with Crippen LogP contribution in [-0.4, -0.2) is 23.9 Å². The van der Waals surface area contributed by atoms with E-state index in [1.807, 2.05) is 4.90 Å². The van der Waals surface area contributed by atoms with Crippen molar-refractivity contribution in [1.82, 2.24) is 4.90 Å². The maximum Gasteiger partial charge on any atom is 0.253 e. The fraction of sp³-hybridized carbons (Fsp3) is 0.533. The van der Waals surface area contributed by atoms with Crippen LogP contribution in [0.15, 0.2) is 12.1 Å². The fourth-order valence-electron chi connectivity index (χ4n) is 2.49. The highest BCUT2D eigenvalue weighted by atomic mass is 35.5. The molecule has 0 radical (unpaired) electrons. The van der Waals surface area contributed by atoms with Crippen LogP contribution in [0.25, 0.3) is 0 Å². The predicted molar refractivity (Wildman–Crippen MR) is 84.4 cm³/mol. The minimum Gasteiger partial charge on any atom is -0.396 e. The van der Waals surface area contributed by atoms with Crippen LogP contribution in [0.5, 0.6) is 0 Å². The molecule has 20 heavy (non-hydrogen) atoms. The van der Waals surface area contributed by atoms with E-state index in [1.165, 1.54) is 0 Å². The molecule has 0 unspecified atom stereocenters. The highest BCUT2D eigenvalue weighted by Crippen LogP contribution is 2.35. The van der Waals surface area contributed by atoms with Gasteiger partial charge in [-0.15, -0.1) is 0 Å². The zero-order chi connectivity index (χ0) is 14.9. The van der Waals surface area contributed by atoms with Gasteiger partial charge in [0.2, 0.25) is 0 Å². The number of rotatable bonds is 2. The van der Waals surface area contributed by atoms with Gasteiger partial charge in [-0.25, -0.2) is 0 Å². The third-order valence-corrected chi connectivity index (χ3v) is 5.06. The normalized spacial score (nSPS) is 18.1. The second-order valence-electron chi connectivity index (χ2n) is 5.81. The number of carbonyl (C=O) groups is 1. The van der Waals surface area contributed by atoms with Crippen molar-refractivity contribution in [1.29, 1.82) is 0 Å². The molecule has 0 aliphatic carbocycles. The molecule has 1 heterocycles. The van der Waals surface area contributed by atoms with E-state index in [9.17, 15) is 4.79 Å². The van der Waals surface area contributed by atoms with Gasteiger partial charge >= 0.3 is 0 Å². The first-order chi connectivity index (χ1) is 9.36. The third-order valence-electron chi connectivity index (χ3n) is 4.44. The number of nitrogen functional groups attached to an aromatic ring is 1. The van der Waals surface area contributed by atoms with Gasteiger partial charge in [-0.2, -0.15) is 0 Å². The van der Waals surface area contributed by atoms with Crippen LogP contribution in [0.1, 0.15) is 43.5 Å². The Kier molecular flexibility index (Phi) is 4.50. The van der Waals surface area contributed by atoms with Crippen molar-refractivity contribution >= 4 is 34.8 Å². The number of amides is 1. The highest BCUT2D eigenvalue weighted by molar-refractivity contribution is 6.39. The Morgan fingerprint density at radius 3 is 2.25 bits per heavy atom. The highest BCUT2D eigenvalue weighted by Gasteiger charge is 2.30. The molecule has 1 aliphatic rings. The smallest absolute Gasteiger partial charge is 0.253 e. The van der Waals surface area contributed by atoms with Gasteiger partial charge in [0.05, 0.1) is 15.7 Å². The summed E-state index contributed by atoms with van der Waals surface area (Å²) >= 11 is 12.0. The minimum atomic E-state index is -0.0213. The van der Waals surface area contributed by atoms with Crippen molar-refractivity contribution in [2.24, 2.45) is 5.41 Å². The largest absolute Gasteiger partial charge is 0.396 e. The molecule has 2 rings (SSSR count). The molecule has 0 bridgehead atoms. The number of hydrogen-bond donors (Lipinski definition) is 1. The Labute approximate surface area is 130 Å². The summed E-state index contributed by atoms with van der Waals surface area (Å²) in [4.78, 5) is 14.4. The van der Waals surface area contributed by atoms with Gasteiger partial charge in [0, 0.05) is 18.7 Å². The number of likely N-dealkylation sites (tertiary alicyclic amines) is 1. The van der Waals surface area contributed by atoms with Crippen LogP contribution in [-0.2, 0) is 0 Å². The first-order valence-corrected chi connectivity index (χ1v) is 7.66. The van der Waals surface area contributed by atoms with Crippen LogP contribution >= 0.6 is 23.2 Å². The zero-order valence-corrected chi connectivity index (χ0v) is 13.4. The van der Waals surface area contributed by atoms with E-state index in [1.54, 1.807) is 12.1 Å². The van der Waals surface area contributed by atoms with Gasteiger partial charge in [0.15, 0.2) is 0 Å². The summed E-state index contributed by atoms with van der Waals surface area (Å²) in [6.45, 7) is 6.05. The van der Waals surface area contributed by atoms with Gasteiger partial charge < -0.3 is 10.6 Å². The first-order valence-electron chi connectivity index (χ1n) is 6.90. The third kappa shape index (κ3) is 3.04. The predicted octanol–water partition coefficient (Wildman–Crippen LogP) is 4.23. The zero-order valence-electron chi connectivity index (χ0n) is 11.9. The number of benzene rings is 1. The molecule has 1 aromatic carbocycles. The maximum absolute atomic E-state index is 12.5. The molecular weight excluding hydrogens is 295 g/mol. The molecule has 0 aromatic heterocycles. The number of nitrogens with two attached hydrogens (primary N) is 1. The van der Waals surface area contributed by atoms with Crippen LogP contribution < -0.4 is 5.73 Å². The summed E-state index contributed by atoms with van der Waals surface area (Å²) in [6, 6.07) is 3.19. The van der Waals surface area contributed by atoms with E-state index >= 15 is 0 Å². The number of hydrogen-bond acceptors (Lipinski definition) is 2. The molecule has 1 aromatic rings. The number of anilines is 1. The Balaban J connectivity index is 2.13. The lowest BCUT2D eigenvalue weighted by atomic mass is 9.78. The molecule has 1 saturated heterocycles. The molecule has 0 saturated carbocycles. The Bertz CT molecular complexity index is 500. The van der Waals surface area contributed by atoms with Crippen LogP contribution in [0.3, 0.4) is 0 Å². The summed E-state index contributed by atoms with van der Waals surface area (Å²) in [5.74, 6) is -0.0213. The number of halogens is 2. The molecule has 2 N–H and O–H groups in total. The lowest BCUT2D eigenvalue weighted by Crippen LogP contribution is -2.41. The molecular formula is C15H20Cl2N2O. The van der Waals surface area contributed by atoms with Crippen LogP contribution in [0.2, 0.25) is 10.0 Å². The van der Waals surface area contributed by atoms with Gasteiger partial charge in [0.25, 0.3) is 5.91 Å². The molecule has 1 amide bonds. The SMILES string of the molecule is CCC1(C)CCN(C(=O)c2cc(Cl)c(N)c(Cl)c2)CC1. The van der Waals surface area contributed by atoms with Crippen LogP contribution in [0, 0.1) is 5.41 Å². The van der Waals surface area contributed by atoms with Crippen molar-refractivity contribution in [3.8, 4) is 0 Å². The fourth-order valence-corrected chi connectivity index (χ4v) is 2.98. The summed E-state index contributed by atoms with van der Waals surface area (Å²) in [6.07, 6.45) is 3.21. The van der Waals surface area contributed by atoms with Crippen molar-refractivity contribution in [3.63, 3.8) is 0 Å². The molecule has 1 fully saturated rings. The lowest BCUT2D eigenvalue weighted by Gasteiger charge is -2.39. The Morgan fingerprint density at radius 1 is 1.30 bits per heavy atom. The molecule has 5 heteroatoms. The monoisotopic (exact) mass is 314 g/mol. The topological polar surface area (TPSA) is 46.3 Å². The number of piperidine rings is 1. The number of carbonyl (C=O) groups excluding carboxylic acids is 1. The minimum absolute atomic E-state index is 0.0213. The van der Waals surface area contributed by atoms with E-state index in [0.717, 1.165) is 32.4 Å². The second-order valence-corrected chi connectivity index (χ2v) is 6.62. The van der Waals surface area contributed by atoms with Crippen LogP contribution in [0.4, 0.5) is 5.69 Å². The molecule has 1 aliphatic heterocycles. The van der Waals surface area contributed by atoms with Crippen molar-refractivity contribution in [2.75, 3.05) is 18.8 Å². The summed E-state index contributed by atoms with van der Waals surface area (Å²) in [5, 5.41) is 0.660. The molecule has 0 atom stereocenters. The first kappa shape index (κ1) is 15.5. The van der Waals surface area contributed by atoms with Gasteiger partial charge in [-0.3, -0.25) is 4.79 Å².